The maximum Gasteiger partial charge on any atom is 0.281 e. The third kappa shape index (κ3) is 3.50. The van der Waals surface area contributed by atoms with Crippen LogP contribution < -0.4 is 10.9 Å². The maximum absolute atomic E-state index is 13.7. The molecule has 0 radical (unpaired) electrons. The Morgan fingerprint density at radius 2 is 1.94 bits per heavy atom. The van der Waals surface area contributed by atoms with Gasteiger partial charge in [-0.2, -0.15) is 10.1 Å². The Balaban J connectivity index is 1.55. The summed E-state index contributed by atoms with van der Waals surface area (Å²) in [5.41, 5.74) is 2.15. The van der Waals surface area contributed by atoms with E-state index in [9.17, 15) is 14.0 Å². The summed E-state index contributed by atoms with van der Waals surface area (Å²) in [7, 11) is 0. The first kappa shape index (κ1) is 19.9. The predicted molar refractivity (Wildman–Crippen MR) is 119 cm³/mol. The number of nitrogens with zero attached hydrogens (tertiary/aromatic N) is 3. The lowest BCUT2D eigenvalue weighted by molar-refractivity contribution is 0.0951. The lowest BCUT2D eigenvalue weighted by atomic mass is 10.1. The fraction of sp³-hybridized carbons (Fsp3) is 0.0435. The maximum atomic E-state index is 13.7. The number of fused-ring (bicyclic) bond motifs is 3. The normalized spacial score (nSPS) is 11.2. The number of rotatable bonds is 4. The van der Waals surface area contributed by atoms with Crippen molar-refractivity contribution in [2.24, 2.45) is 0 Å². The van der Waals surface area contributed by atoms with Gasteiger partial charge < -0.3 is 5.32 Å². The van der Waals surface area contributed by atoms with E-state index in [-0.39, 0.29) is 18.1 Å². The minimum absolute atomic E-state index is 0.238. The molecule has 0 saturated carbocycles. The van der Waals surface area contributed by atoms with E-state index in [2.05, 4.69) is 20.6 Å². The minimum Gasteiger partial charge on any atom is -0.348 e. The number of amides is 1. The molecule has 2 heterocycles. The quantitative estimate of drug-likeness (QED) is 0.436. The van der Waals surface area contributed by atoms with Crippen LogP contribution in [0.1, 0.15) is 15.9 Å². The van der Waals surface area contributed by atoms with Gasteiger partial charge in [0.2, 0.25) is 0 Å². The lowest BCUT2D eigenvalue weighted by Gasteiger charge is -2.08. The van der Waals surface area contributed by atoms with E-state index in [0.717, 1.165) is 5.56 Å². The molecule has 3 aromatic carbocycles. The van der Waals surface area contributed by atoms with Crippen molar-refractivity contribution in [1.29, 1.82) is 0 Å². The van der Waals surface area contributed by atoms with Crippen molar-refractivity contribution < 1.29 is 9.18 Å². The average Bonchev–Trinajstić information content (AvgIpc) is 3.22. The van der Waals surface area contributed by atoms with E-state index >= 15 is 0 Å². The fourth-order valence-corrected chi connectivity index (χ4v) is 3.72. The first-order valence-electron chi connectivity index (χ1n) is 9.70. The van der Waals surface area contributed by atoms with Crippen molar-refractivity contribution in [3.05, 3.63) is 99.1 Å². The monoisotopic (exact) mass is 447 g/mol. The van der Waals surface area contributed by atoms with Gasteiger partial charge in [0.15, 0.2) is 5.65 Å². The molecule has 1 amide bonds. The zero-order chi connectivity index (χ0) is 22.2. The molecular formula is C23H15ClFN5O2. The highest BCUT2D eigenvalue weighted by atomic mass is 35.5. The molecule has 2 N–H and O–H groups in total. The Morgan fingerprint density at radius 3 is 2.75 bits per heavy atom. The van der Waals surface area contributed by atoms with Crippen molar-refractivity contribution in [3.8, 4) is 11.3 Å². The van der Waals surface area contributed by atoms with Gasteiger partial charge in [-0.1, -0.05) is 41.9 Å². The number of H-pyrrole nitrogens is 1. The molecule has 2 aromatic heterocycles. The van der Waals surface area contributed by atoms with Crippen LogP contribution in [0.2, 0.25) is 5.02 Å². The third-order valence-electron chi connectivity index (χ3n) is 5.12. The highest BCUT2D eigenvalue weighted by Gasteiger charge is 2.16. The largest absolute Gasteiger partial charge is 0.348 e. The Hall–Kier alpha value is -4.04. The van der Waals surface area contributed by atoms with Crippen molar-refractivity contribution in [3.63, 3.8) is 0 Å². The molecule has 7 nitrogen and oxygen atoms in total. The summed E-state index contributed by atoms with van der Waals surface area (Å²) >= 11 is 6.15. The lowest BCUT2D eigenvalue weighted by Crippen LogP contribution is -2.23. The highest BCUT2D eigenvalue weighted by Crippen LogP contribution is 2.23. The molecule has 0 bridgehead atoms. The number of aromatic amines is 1. The number of hydrogen-bond acceptors (Lipinski definition) is 4. The van der Waals surface area contributed by atoms with Gasteiger partial charge in [0.1, 0.15) is 11.5 Å². The van der Waals surface area contributed by atoms with Crippen molar-refractivity contribution >= 4 is 34.1 Å². The van der Waals surface area contributed by atoms with Crippen LogP contribution in [-0.4, -0.2) is 25.7 Å². The second-order valence-electron chi connectivity index (χ2n) is 7.15. The number of hydrogen-bond donors (Lipinski definition) is 2. The van der Waals surface area contributed by atoms with Crippen LogP contribution in [0, 0.1) is 5.82 Å². The topological polar surface area (TPSA) is 92.2 Å². The second-order valence-corrected chi connectivity index (χ2v) is 7.56. The van der Waals surface area contributed by atoms with E-state index in [0.29, 0.717) is 32.7 Å². The molecule has 32 heavy (non-hydrogen) atoms. The summed E-state index contributed by atoms with van der Waals surface area (Å²) in [5.74, 6) is -0.751. The molecule has 0 spiro atoms. The van der Waals surface area contributed by atoms with E-state index in [1.165, 1.54) is 16.6 Å². The van der Waals surface area contributed by atoms with Crippen LogP contribution >= 0.6 is 11.6 Å². The Bertz CT molecular complexity index is 1560. The molecule has 9 heteroatoms. The van der Waals surface area contributed by atoms with Crippen molar-refractivity contribution in [2.75, 3.05) is 0 Å². The highest BCUT2D eigenvalue weighted by molar-refractivity contribution is 6.31. The van der Waals surface area contributed by atoms with Gasteiger partial charge in [0.05, 0.1) is 10.9 Å². The van der Waals surface area contributed by atoms with Gasteiger partial charge in [-0.25, -0.2) is 14.1 Å². The van der Waals surface area contributed by atoms with Gasteiger partial charge in [0, 0.05) is 22.7 Å². The summed E-state index contributed by atoms with van der Waals surface area (Å²) in [6.45, 7) is 0.260. The van der Waals surface area contributed by atoms with Gasteiger partial charge in [-0.05, 0) is 42.0 Å². The standard InChI is InChI=1S/C23H15ClFN5O2/c24-18-7-2-1-4-15(18)12-26-22(31)14-8-9-17-19(11-14)30-21(27-23(17)32)20(28-29-30)13-5-3-6-16(25)10-13/h1-11,29H,12H2,(H,26,31). The molecule has 158 valence electrons. The van der Waals surface area contributed by atoms with E-state index in [1.807, 2.05) is 18.2 Å². The molecule has 0 saturated heterocycles. The Labute approximate surface area is 185 Å². The number of halogens is 2. The summed E-state index contributed by atoms with van der Waals surface area (Å²) in [4.78, 5) is 29.5. The van der Waals surface area contributed by atoms with Crippen LogP contribution in [0.5, 0.6) is 0 Å². The predicted octanol–water partition coefficient (Wildman–Crippen LogP) is 3.96. The van der Waals surface area contributed by atoms with Crippen LogP contribution in [0.3, 0.4) is 0 Å². The third-order valence-corrected chi connectivity index (χ3v) is 5.49. The first-order valence-corrected chi connectivity index (χ1v) is 10.1. The molecular weight excluding hydrogens is 433 g/mol. The summed E-state index contributed by atoms with van der Waals surface area (Å²) < 4.78 is 15.2. The number of aromatic nitrogens is 4. The molecule has 0 atom stereocenters. The fourth-order valence-electron chi connectivity index (χ4n) is 3.52. The average molecular weight is 448 g/mol. The van der Waals surface area contributed by atoms with Crippen LogP contribution in [0.4, 0.5) is 4.39 Å². The second kappa shape index (κ2) is 7.90. The zero-order valence-corrected chi connectivity index (χ0v) is 17.2. The number of nitrogens with one attached hydrogen (secondary N) is 2. The van der Waals surface area contributed by atoms with Crippen LogP contribution in [0.15, 0.2) is 71.5 Å². The first-order chi connectivity index (χ1) is 15.5. The molecule has 0 aliphatic rings. The van der Waals surface area contributed by atoms with Gasteiger partial charge in [0.25, 0.3) is 11.5 Å². The van der Waals surface area contributed by atoms with Crippen molar-refractivity contribution in [1.82, 2.24) is 25.1 Å². The number of carbonyl (C=O) groups excluding carboxylic acids is 1. The van der Waals surface area contributed by atoms with E-state index < -0.39 is 11.4 Å². The van der Waals surface area contributed by atoms with E-state index in [1.54, 1.807) is 36.4 Å². The number of benzene rings is 3. The summed E-state index contributed by atoms with van der Waals surface area (Å²) in [6, 6.07) is 17.8. The molecule has 0 fully saturated rings. The van der Waals surface area contributed by atoms with Gasteiger partial charge >= 0.3 is 0 Å². The molecule has 5 rings (SSSR count). The Kier molecular flexibility index (Phi) is 4.91. The summed E-state index contributed by atoms with van der Waals surface area (Å²) in [6.07, 6.45) is 0. The SMILES string of the molecule is O=C(NCc1ccccc1Cl)c1ccc2c(=O)nc3c(-c4cccc(F)c4)n[nH]n3c2c1. The smallest absolute Gasteiger partial charge is 0.281 e. The molecule has 5 aromatic rings. The zero-order valence-electron chi connectivity index (χ0n) is 16.5. The van der Waals surface area contributed by atoms with E-state index in [4.69, 9.17) is 11.6 Å². The molecule has 0 aliphatic heterocycles. The molecule has 0 aliphatic carbocycles. The summed E-state index contributed by atoms with van der Waals surface area (Å²) in [5, 5.41) is 10.7. The van der Waals surface area contributed by atoms with Gasteiger partial charge in [-0.15, -0.1) is 0 Å². The van der Waals surface area contributed by atoms with Gasteiger partial charge in [-0.3, -0.25) is 9.59 Å². The number of carbonyl (C=O) groups is 1. The Morgan fingerprint density at radius 1 is 1.09 bits per heavy atom. The minimum atomic E-state index is -0.470. The van der Waals surface area contributed by atoms with Crippen LogP contribution in [-0.2, 0) is 6.54 Å². The van der Waals surface area contributed by atoms with Crippen LogP contribution in [0.25, 0.3) is 27.8 Å². The van der Waals surface area contributed by atoms with Crippen molar-refractivity contribution in [2.45, 2.75) is 6.54 Å². The molecule has 0 unspecified atom stereocenters.